The zero-order valence-corrected chi connectivity index (χ0v) is 17.2. The molecule has 1 heterocycles. The first kappa shape index (κ1) is 20.8. The summed E-state index contributed by atoms with van der Waals surface area (Å²) in [5, 5.41) is 0. The molecule has 0 bridgehead atoms. The molecule has 0 spiro atoms. The highest BCUT2D eigenvalue weighted by atomic mass is 32.2. The summed E-state index contributed by atoms with van der Waals surface area (Å²) in [5.74, 6) is 0.358. The van der Waals surface area contributed by atoms with Gasteiger partial charge in [0.1, 0.15) is 10.6 Å². The quantitative estimate of drug-likeness (QED) is 0.685. The minimum absolute atomic E-state index is 0.0724. The van der Waals surface area contributed by atoms with E-state index in [1.54, 1.807) is 12.1 Å². The maximum atomic E-state index is 12.6. The Morgan fingerprint density at radius 1 is 1.21 bits per heavy atom. The molecule has 152 valence electrons. The van der Waals surface area contributed by atoms with Gasteiger partial charge in [-0.15, -0.1) is 0 Å². The van der Waals surface area contributed by atoms with Crippen LogP contribution in [0, 0.1) is 6.92 Å². The number of methoxy groups -OCH3 is 1. The molecule has 2 aromatic carbocycles. The molecule has 28 heavy (non-hydrogen) atoms. The maximum Gasteiger partial charge on any atom is 0.244 e. The summed E-state index contributed by atoms with van der Waals surface area (Å²) in [6.07, 6.45) is 0.803. The molecule has 0 radical (unpaired) electrons. The Hall–Kier alpha value is -1.93. The molecule has 6 nitrogen and oxygen atoms in total. The first-order chi connectivity index (χ1) is 13.5. The van der Waals surface area contributed by atoms with Crippen molar-refractivity contribution < 1.29 is 17.9 Å². The second-order valence-corrected chi connectivity index (χ2v) is 8.71. The van der Waals surface area contributed by atoms with Gasteiger partial charge in [-0.05, 0) is 43.1 Å². The monoisotopic (exact) mass is 404 g/mol. The number of sulfonamides is 1. The summed E-state index contributed by atoms with van der Waals surface area (Å²) < 4.78 is 39.0. The SMILES string of the molecule is COc1ccc(C)cc1S(=O)(=O)NCCCN1CCO[C@@H](c2ccccc2)C1. The Morgan fingerprint density at radius 3 is 2.75 bits per heavy atom. The van der Waals surface area contributed by atoms with E-state index in [9.17, 15) is 8.42 Å². The number of nitrogens with zero attached hydrogens (tertiary/aromatic N) is 1. The predicted molar refractivity (Wildman–Crippen MR) is 109 cm³/mol. The highest BCUT2D eigenvalue weighted by Gasteiger charge is 2.22. The lowest BCUT2D eigenvalue weighted by molar-refractivity contribution is -0.0300. The van der Waals surface area contributed by atoms with Gasteiger partial charge in [-0.2, -0.15) is 0 Å². The van der Waals surface area contributed by atoms with Crippen molar-refractivity contribution in [3.63, 3.8) is 0 Å². The smallest absolute Gasteiger partial charge is 0.244 e. The molecule has 2 aromatic rings. The lowest BCUT2D eigenvalue weighted by Gasteiger charge is -2.33. The molecule has 3 rings (SSSR count). The molecule has 0 unspecified atom stereocenters. The predicted octanol–water partition coefficient (Wildman–Crippen LogP) is 2.75. The van der Waals surface area contributed by atoms with Gasteiger partial charge in [0, 0.05) is 19.6 Å². The lowest BCUT2D eigenvalue weighted by Crippen LogP contribution is -2.39. The highest BCUT2D eigenvalue weighted by Crippen LogP contribution is 2.25. The van der Waals surface area contributed by atoms with Crippen LogP contribution < -0.4 is 9.46 Å². The highest BCUT2D eigenvalue weighted by molar-refractivity contribution is 7.89. The molecular formula is C21H28N2O4S. The van der Waals surface area contributed by atoms with Gasteiger partial charge >= 0.3 is 0 Å². The zero-order chi connectivity index (χ0) is 20.0. The fourth-order valence-electron chi connectivity index (χ4n) is 3.36. The standard InChI is InChI=1S/C21H28N2O4S/c1-17-9-10-19(26-2)21(15-17)28(24,25)22-11-6-12-23-13-14-27-20(16-23)18-7-4-3-5-8-18/h3-5,7-10,15,20,22H,6,11-14,16H2,1-2H3/t20-/m1/s1. The maximum absolute atomic E-state index is 12.6. The van der Waals surface area contributed by atoms with Crippen LogP contribution >= 0.6 is 0 Å². The van der Waals surface area contributed by atoms with Gasteiger partial charge in [-0.25, -0.2) is 13.1 Å². The van der Waals surface area contributed by atoms with E-state index in [0.717, 1.165) is 31.6 Å². The van der Waals surface area contributed by atoms with Gasteiger partial charge in [0.15, 0.2) is 0 Å². The van der Waals surface area contributed by atoms with Crippen molar-refractivity contribution in [1.82, 2.24) is 9.62 Å². The van der Waals surface area contributed by atoms with Crippen molar-refractivity contribution in [2.75, 3.05) is 39.9 Å². The molecule has 0 amide bonds. The van der Waals surface area contributed by atoms with Crippen LogP contribution in [0.4, 0.5) is 0 Å². The Kier molecular flexibility index (Phi) is 7.07. The molecule has 0 saturated carbocycles. The Balaban J connectivity index is 1.51. The van der Waals surface area contributed by atoms with Crippen LogP contribution in [0.2, 0.25) is 0 Å². The van der Waals surface area contributed by atoms with Crippen molar-refractivity contribution >= 4 is 10.0 Å². The fraction of sp³-hybridized carbons (Fsp3) is 0.429. The van der Waals surface area contributed by atoms with E-state index < -0.39 is 10.0 Å². The summed E-state index contributed by atoms with van der Waals surface area (Å²) in [6, 6.07) is 15.3. The van der Waals surface area contributed by atoms with Crippen molar-refractivity contribution in [2.24, 2.45) is 0 Å². The van der Waals surface area contributed by atoms with Crippen LogP contribution in [0.3, 0.4) is 0 Å². The first-order valence-corrected chi connectivity index (χ1v) is 11.0. The van der Waals surface area contributed by atoms with E-state index in [-0.39, 0.29) is 11.0 Å². The largest absolute Gasteiger partial charge is 0.495 e. The minimum atomic E-state index is -3.60. The fourth-order valence-corrected chi connectivity index (χ4v) is 4.68. The molecule has 1 aliphatic rings. The van der Waals surface area contributed by atoms with E-state index in [0.29, 0.717) is 18.9 Å². The molecule has 1 aliphatic heterocycles. The van der Waals surface area contributed by atoms with Gasteiger partial charge in [0.2, 0.25) is 10.0 Å². The second kappa shape index (κ2) is 9.52. The van der Waals surface area contributed by atoms with E-state index in [2.05, 4.69) is 21.8 Å². The lowest BCUT2D eigenvalue weighted by atomic mass is 10.1. The Morgan fingerprint density at radius 2 is 2.00 bits per heavy atom. The number of aryl methyl sites for hydroxylation is 1. The van der Waals surface area contributed by atoms with Gasteiger partial charge in [0.25, 0.3) is 0 Å². The number of rotatable bonds is 8. The molecule has 0 aromatic heterocycles. The number of benzene rings is 2. The summed E-state index contributed by atoms with van der Waals surface area (Å²) in [4.78, 5) is 2.51. The van der Waals surface area contributed by atoms with Gasteiger partial charge in [-0.3, -0.25) is 4.90 Å². The van der Waals surface area contributed by atoms with Crippen molar-refractivity contribution in [3.8, 4) is 5.75 Å². The first-order valence-electron chi connectivity index (χ1n) is 9.53. The topological polar surface area (TPSA) is 67.9 Å². The Bertz CT molecular complexity index is 871. The number of morpholine rings is 1. The van der Waals surface area contributed by atoms with Crippen LogP contribution in [0.15, 0.2) is 53.4 Å². The summed E-state index contributed by atoms with van der Waals surface area (Å²) in [5.41, 5.74) is 2.06. The summed E-state index contributed by atoms with van der Waals surface area (Å²) in [7, 11) is -2.12. The van der Waals surface area contributed by atoms with Gasteiger partial charge < -0.3 is 9.47 Å². The van der Waals surface area contributed by atoms with Crippen LogP contribution in [0.1, 0.15) is 23.7 Å². The Labute approximate surface area is 167 Å². The van der Waals surface area contributed by atoms with E-state index in [1.807, 2.05) is 31.2 Å². The molecule has 1 atom stereocenters. The number of hydrogen-bond donors (Lipinski definition) is 1. The van der Waals surface area contributed by atoms with E-state index >= 15 is 0 Å². The van der Waals surface area contributed by atoms with Crippen LogP contribution in [0.25, 0.3) is 0 Å². The van der Waals surface area contributed by atoms with Crippen LogP contribution in [-0.4, -0.2) is 53.2 Å². The van der Waals surface area contributed by atoms with Crippen molar-refractivity contribution in [3.05, 3.63) is 59.7 Å². The average molecular weight is 405 g/mol. The van der Waals surface area contributed by atoms with Crippen molar-refractivity contribution in [2.45, 2.75) is 24.3 Å². The molecular weight excluding hydrogens is 376 g/mol. The molecule has 0 aliphatic carbocycles. The average Bonchev–Trinajstić information content (AvgIpc) is 2.72. The number of hydrogen-bond acceptors (Lipinski definition) is 5. The van der Waals surface area contributed by atoms with Crippen LogP contribution in [-0.2, 0) is 14.8 Å². The third kappa shape index (κ3) is 5.32. The minimum Gasteiger partial charge on any atom is -0.495 e. The summed E-state index contributed by atoms with van der Waals surface area (Å²) in [6.45, 7) is 5.43. The second-order valence-electron chi connectivity index (χ2n) is 6.98. The molecule has 7 heteroatoms. The van der Waals surface area contributed by atoms with Gasteiger partial charge in [0.05, 0.1) is 19.8 Å². The van der Waals surface area contributed by atoms with Crippen molar-refractivity contribution in [1.29, 1.82) is 0 Å². The molecule has 1 fully saturated rings. The summed E-state index contributed by atoms with van der Waals surface area (Å²) >= 11 is 0. The number of nitrogens with one attached hydrogen (secondary N) is 1. The van der Waals surface area contributed by atoms with Crippen LogP contribution in [0.5, 0.6) is 5.75 Å². The zero-order valence-electron chi connectivity index (χ0n) is 16.4. The van der Waals surface area contributed by atoms with E-state index in [4.69, 9.17) is 9.47 Å². The van der Waals surface area contributed by atoms with E-state index in [1.165, 1.54) is 12.7 Å². The normalized spacial score (nSPS) is 18.1. The third-order valence-electron chi connectivity index (χ3n) is 4.87. The molecule has 1 N–H and O–H groups in total. The third-order valence-corrected chi connectivity index (χ3v) is 6.36. The molecule has 1 saturated heterocycles. The van der Waals surface area contributed by atoms with Gasteiger partial charge in [-0.1, -0.05) is 36.4 Å². The number of ether oxygens (including phenoxy) is 2.